The average molecular weight is 254 g/mol. The molecule has 18 heavy (non-hydrogen) atoms. The molecule has 104 valence electrons. The van der Waals surface area contributed by atoms with Gasteiger partial charge in [-0.25, -0.2) is 0 Å². The summed E-state index contributed by atoms with van der Waals surface area (Å²) in [6, 6.07) is 0. The molecule has 0 bridgehead atoms. The van der Waals surface area contributed by atoms with E-state index in [1.54, 1.807) is 0 Å². The van der Waals surface area contributed by atoms with Gasteiger partial charge in [-0.1, -0.05) is 20.8 Å². The Kier molecular flexibility index (Phi) is 2.82. The Morgan fingerprint density at radius 3 is 2.33 bits per heavy atom. The lowest BCUT2D eigenvalue weighted by Crippen LogP contribution is -2.62. The van der Waals surface area contributed by atoms with E-state index in [9.17, 15) is 5.11 Å². The second-order valence-electron chi connectivity index (χ2n) is 7.19. The third-order valence-electron chi connectivity index (χ3n) is 6.09. The molecule has 0 radical (unpaired) electrons. The molecule has 3 heteroatoms. The molecule has 0 amide bonds. The third kappa shape index (κ3) is 1.47. The van der Waals surface area contributed by atoms with Crippen LogP contribution in [0.4, 0.5) is 0 Å². The summed E-state index contributed by atoms with van der Waals surface area (Å²) < 4.78 is 12.2. The van der Waals surface area contributed by atoms with Gasteiger partial charge in [-0.15, -0.1) is 0 Å². The van der Waals surface area contributed by atoms with Crippen molar-refractivity contribution in [2.75, 3.05) is 13.2 Å². The molecule has 0 aromatic heterocycles. The molecule has 2 aliphatic carbocycles. The van der Waals surface area contributed by atoms with Gasteiger partial charge in [0, 0.05) is 11.8 Å². The van der Waals surface area contributed by atoms with Crippen molar-refractivity contribution in [3.63, 3.8) is 0 Å². The number of hydrogen-bond donors (Lipinski definition) is 1. The minimum Gasteiger partial charge on any atom is -0.393 e. The summed E-state index contributed by atoms with van der Waals surface area (Å²) in [5, 5.41) is 10.3. The van der Waals surface area contributed by atoms with Gasteiger partial charge in [0.15, 0.2) is 5.79 Å². The monoisotopic (exact) mass is 254 g/mol. The van der Waals surface area contributed by atoms with E-state index in [2.05, 4.69) is 20.8 Å². The van der Waals surface area contributed by atoms with E-state index in [4.69, 9.17) is 9.47 Å². The van der Waals surface area contributed by atoms with Crippen LogP contribution in [0, 0.1) is 16.7 Å². The molecule has 1 spiro atoms. The summed E-state index contributed by atoms with van der Waals surface area (Å²) in [6.07, 6.45) is 5.06. The lowest BCUT2D eigenvalue weighted by Gasteiger charge is -2.61. The maximum absolute atomic E-state index is 10.3. The molecule has 1 saturated heterocycles. The Hall–Kier alpha value is -0.120. The highest BCUT2D eigenvalue weighted by Crippen LogP contribution is 2.63. The molecule has 3 fully saturated rings. The van der Waals surface area contributed by atoms with E-state index >= 15 is 0 Å². The highest BCUT2D eigenvalue weighted by Gasteiger charge is 2.64. The first-order chi connectivity index (χ1) is 8.42. The number of aliphatic hydroxyl groups excluding tert-OH is 1. The Bertz CT molecular complexity index is 333. The molecule has 1 N–H and O–H groups in total. The van der Waals surface area contributed by atoms with Gasteiger partial charge in [0.2, 0.25) is 0 Å². The lowest BCUT2D eigenvalue weighted by molar-refractivity contribution is -0.299. The molecule has 1 heterocycles. The van der Waals surface area contributed by atoms with Gasteiger partial charge in [-0.2, -0.15) is 0 Å². The molecule has 1 unspecified atom stereocenters. The van der Waals surface area contributed by atoms with E-state index in [1.165, 1.54) is 6.42 Å². The Labute approximate surface area is 110 Å². The molecular formula is C15H26O3. The summed E-state index contributed by atoms with van der Waals surface area (Å²) in [5.74, 6) is 0.119. The highest BCUT2D eigenvalue weighted by atomic mass is 16.7. The third-order valence-corrected chi connectivity index (χ3v) is 6.09. The van der Waals surface area contributed by atoms with Crippen molar-refractivity contribution in [2.45, 2.75) is 64.8 Å². The molecule has 0 aromatic carbocycles. The van der Waals surface area contributed by atoms with E-state index in [0.717, 1.165) is 38.9 Å². The first-order valence-corrected chi connectivity index (χ1v) is 7.38. The summed E-state index contributed by atoms with van der Waals surface area (Å²) in [5.41, 5.74) is 0.0280. The summed E-state index contributed by atoms with van der Waals surface area (Å²) in [6.45, 7) is 8.22. The average Bonchev–Trinajstić information content (AvgIpc) is 2.78. The zero-order chi connectivity index (χ0) is 13.0. The number of ether oxygens (including phenoxy) is 2. The quantitative estimate of drug-likeness (QED) is 0.722. The molecule has 0 aromatic rings. The standard InChI is InChI=1S/C15H26O3/c1-13(2)11-5-4-7-15(17-9-10-18-15)14(11,3)8-6-12(13)16/h11-12,16H,4-10H2,1-3H3/t11?,12-,14-/m0/s1. The van der Waals surface area contributed by atoms with Gasteiger partial charge in [-0.05, 0) is 37.0 Å². The topological polar surface area (TPSA) is 38.7 Å². The van der Waals surface area contributed by atoms with Crippen molar-refractivity contribution in [1.82, 2.24) is 0 Å². The molecule has 1 aliphatic heterocycles. The zero-order valence-electron chi connectivity index (χ0n) is 11.9. The van der Waals surface area contributed by atoms with Crippen LogP contribution in [0.25, 0.3) is 0 Å². The second-order valence-corrected chi connectivity index (χ2v) is 7.19. The minimum absolute atomic E-state index is 0.0320. The van der Waals surface area contributed by atoms with Crippen LogP contribution < -0.4 is 0 Å². The number of hydrogen-bond acceptors (Lipinski definition) is 3. The number of rotatable bonds is 0. The first-order valence-electron chi connectivity index (χ1n) is 7.38. The van der Waals surface area contributed by atoms with Crippen LogP contribution in [0.5, 0.6) is 0 Å². The second kappa shape index (κ2) is 3.94. The van der Waals surface area contributed by atoms with Crippen molar-refractivity contribution in [1.29, 1.82) is 0 Å². The summed E-state index contributed by atoms with van der Waals surface area (Å²) >= 11 is 0. The van der Waals surface area contributed by atoms with Gasteiger partial charge in [-0.3, -0.25) is 0 Å². The van der Waals surface area contributed by atoms with Crippen molar-refractivity contribution < 1.29 is 14.6 Å². The summed E-state index contributed by atoms with van der Waals surface area (Å²) in [4.78, 5) is 0. The van der Waals surface area contributed by atoms with Crippen molar-refractivity contribution in [3.8, 4) is 0 Å². The van der Waals surface area contributed by atoms with Crippen LogP contribution in [-0.4, -0.2) is 30.2 Å². The Morgan fingerprint density at radius 2 is 1.67 bits per heavy atom. The van der Waals surface area contributed by atoms with E-state index < -0.39 is 0 Å². The summed E-state index contributed by atoms with van der Waals surface area (Å²) in [7, 11) is 0. The SMILES string of the molecule is CC1(C)C2CCCC3(OCCO3)[C@@]2(C)CC[C@@H]1O. The zero-order valence-corrected chi connectivity index (χ0v) is 11.9. The number of aliphatic hydroxyl groups is 1. The smallest absolute Gasteiger partial charge is 0.174 e. The normalized spacial score (nSPS) is 46.0. The molecular weight excluding hydrogens is 228 g/mol. The van der Waals surface area contributed by atoms with E-state index in [1.807, 2.05) is 0 Å². The van der Waals surface area contributed by atoms with Gasteiger partial charge in [0.1, 0.15) is 0 Å². The molecule has 2 saturated carbocycles. The Balaban J connectivity index is 1.99. The maximum atomic E-state index is 10.3. The van der Waals surface area contributed by atoms with Gasteiger partial charge in [0.05, 0.1) is 19.3 Å². The lowest BCUT2D eigenvalue weighted by atomic mass is 9.48. The van der Waals surface area contributed by atoms with Crippen LogP contribution in [0.1, 0.15) is 52.9 Å². The molecule has 3 rings (SSSR count). The van der Waals surface area contributed by atoms with Gasteiger partial charge in [0.25, 0.3) is 0 Å². The van der Waals surface area contributed by atoms with Crippen molar-refractivity contribution in [2.24, 2.45) is 16.7 Å². The van der Waals surface area contributed by atoms with Crippen LogP contribution in [0.15, 0.2) is 0 Å². The van der Waals surface area contributed by atoms with E-state index in [0.29, 0.717) is 5.92 Å². The van der Waals surface area contributed by atoms with E-state index in [-0.39, 0.29) is 22.7 Å². The minimum atomic E-state index is -0.368. The van der Waals surface area contributed by atoms with Gasteiger partial charge >= 0.3 is 0 Å². The Morgan fingerprint density at radius 1 is 1.00 bits per heavy atom. The number of fused-ring (bicyclic) bond motifs is 2. The van der Waals surface area contributed by atoms with Crippen LogP contribution in [-0.2, 0) is 9.47 Å². The van der Waals surface area contributed by atoms with Gasteiger partial charge < -0.3 is 14.6 Å². The first kappa shape index (κ1) is 12.9. The maximum Gasteiger partial charge on any atom is 0.174 e. The fraction of sp³-hybridized carbons (Fsp3) is 1.00. The van der Waals surface area contributed by atoms with Crippen LogP contribution in [0.3, 0.4) is 0 Å². The predicted molar refractivity (Wildman–Crippen MR) is 69.1 cm³/mol. The van der Waals surface area contributed by atoms with Crippen molar-refractivity contribution >= 4 is 0 Å². The molecule has 3 aliphatic rings. The van der Waals surface area contributed by atoms with Crippen molar-refractivity contribution in [3.05, 3.63) is 0 Å². The molecule has 3 nitrogen and oxygen atoms in total. The largest absolute Gasteiger partial charge is 0.393 e. The van der Waals surface area contributed by atoms with Crippen LogP contribution >= 0.6 is 0 Å². The fourth-order valence-corrected chi connectivity index (χ4v) is 4.94. The van der Waals surface area contributed by atoms with Crippen LogP contribution in [0.2, 0.25) is 0 Å². The highest BCUT2D eigenvalue weighted by molar-refractivity contribution is 5.09. The fourth-order valence-electron chi connectivity index (χ4n) is 4.94. The molecule has 3 atom stereocenters. The predicted octanol–water partition coefficient (Wildman–Crippen LogP) is 2.72.